The van der Waals surface area contributed by atoms with Crippen molar-refractivity contribution in [3.05, 3.63) is 35.6 Å². The summed E-state index contributed by atoms with van der Waals surface area (Å²) in [5, 5.41) is 5.59. The maximum atomic E-state index is 13.2. The summed E-state index contributed by atoms with van der Waals surface area (Å²) in [6.45, 7) is 6.41. The summed E-state index contributed by atoms with van der Waals surface area (Å²) in [5.74, 6) is -0.455. The first-order valence-electron chi connectivity index (χ1n) is 7.59. The zero-order chi connectivity index (χ0) is 16.3. The molecule has 120 valence electrons. The van der Waals surface area contributed by atoms with Crippen LogP contribution in [0.1, 0.15) is 32.8 Å². The molecule has 0 radical (unpaired) electrons. The fourth-order valence-corrected chi connectivity index (χ4v) is 2.81. The molecule has 2 N–H and O–H groups in total. The Labute approximate surface area is 130 Å². The lowest BCUT2D eigenvalue weighted by atomic mass is 9.87. The third-order valence-electron chi connectivity index (χ3n) is 4.07. The van der Waals surface area contributed by atoms with Gasteiger partial charge in [-0.2, -0.15) is 0 Å². The van der Waals surface area contributed by atoms with Crippen LogP contribution >= 0.6 is 0 Å². The molecule has 1 aliphatic rings. The van der Waals surface area contributed by atoms with Gasteiger partial charge >= 0.3 is 0 Å². The Kier molecular flexibility index (Phi) is 4.84. The summed E-state index contributed by atoms with van der Waals surface area (Å²) < 4.78 is 13.2. The van der Waals surface area contributed by atoms with E-state index in [1.165, 1.54) is 12.1 Å². The van der Waals surface area contributed by atoms with Gasteiger partial charge in [0, 0.05) is 18.4 Å². The highest BCUT2D eigenvalue weighted by Crippen LogP contribution is 2.25. The van der Waals surface area contributed by atoms with Crippen LogP contribution in [0.2, 0.25) is 0 Å². The Morgan fingerprint density at radius 1 is 1.50 bits per heavy atom. The van der Waals surface area contributed by atoms with Crippen molar-refractivity contribution in [3.63, 3.8) is 0 Å². The standard InChI is InChI=1S/C17H23FN2O2/c1-11(7-12-5-4-6-13(18)9-12)8-14(21)20-15-16(22)19-10-17(15,2)3/h4-6,9,11,15H,7-8,10H2,1-3H3,(H,19,22)(H,20,21). The second-order valence-corrected chi connectivity index (χ2v) is 6.85. The van der Waals surface area contributed by atoms with Crippen LogP contribution < -0.4 is 10.6 Å². The molecule has 2 atom stereocenters. The van der Waals surface area contributed by atoms with Gasteiger partial charge in [0.1, 0.15) is 11.9 Å². The second-order valence-electron chi connectivity index (χ2n) is 6.85. The van der Waals surface area contributed by atoms with Gasteiger partial charge in [-0.3, -0.25) is 9.59 Å². The summed E-state index contributed by atoms with van der Waals surface area (Å²) >= 11 is 0. The van der Waals surface area contributed by atoms with E-state index in [2.05, 4.69) is 10.6 Å². The van der Waals surface area contributed by atoms with E-state index in [1.807, 2.05) is 26.8 Å². The number of carbonyl (C=O) groups is 2. The first kappa shape index (κ1) is 16.5. The van der Waals surface area contributed by atoms with Gasteiger partial charge in [-0.25, -0.2) is 4.39 Å². The van der Waals surface area contributed by atoms with Gasteiger partial charge in [0.2, 0.25) is 11.8 Å². The highest BCUT2D eigenvalue weighted by molar-refractivity contribution is 5.90. The van der Waals surface area contributed by atoms with E-state index in [9.17, 15) is 14.0 Å². The van der Waals surface area contributed by atoms with Crippen molar-refractivity contribution in [2.24, 2.45) is 11.3 Å². The van der Waals surface area contributed by atoms with Crippen LogP contribution in [-0.4, -0.2) is 24.4 Å². The van der Waals surface area contributed by atoms with Crippen molar-refractivity contribution < 1.29 is 14.0 Å². The number of benzene rings is 1. The maximum absolute atomic E-state index is 13.2. The maximum Gasteiger partial charge on any atom is 0.243 e. The van der Waals surface area contributed by atoms with Crippen molar-refractivity contribution in [1.29, 1.82) is 0 Å². The van der Waals surface area contributed by atoms with Crippen molar-refractivity contribution in [2.75, 3.05) is 6.54 Å². The van der Waals surface area contributed by atoms with Gasteiger partial charge in [-0.15, -0.1) is 0 Å². The first-order valence-corrected chi connectivity index (χ1v) is 7.59. The quantitative estimate of drug-likeness (QED) is 0.874. The van der Waals surface area contributed by atoms with E-state index >= 15 is 0 Å². The van der Waals surface area contributed by atoms with Crippen molar-refractivity contribution >= 4 is 11.8 Å². The summed E-state index contributed by atoms with van der Waals surface area (Å²) in [5.41, 5.74) is 0.595. The molecule has 1 aromatic rings. The molecule has 4 nitrogen and oxygen atoms in total. The zero-order valence-corrected chi connectivity index (χ0v) is 13.3. The van der Waals surface area contributed by atoms with Crippen LogP contribution in [-0.2, 0) is 16.0 Å². The van der Waals surface area contributed by atoms with E-state index in [0.717, 1.165) is 5.56 Å². The molecular formula is C17H23FN2O2. The first-order chi connectivity index (χ1) is 10.3. The van der Waals surface area contributed by atoms with Crippen LogP contribution in [0.4, 0.5) is 4.39 Å². The van der Waals surface area contributed by atoms with Gasteiger partial charge < -0.3 is 10.6 Å². The van der Waals surface area contributed by atoms with Gasteiger partial charge in [0.05, 0.1) is 0 Å². The van der Waals surface area contributed by atoms with Crippen molar-refractivity contribution in [3.8, 4) is 0 Å². The smallest absolute Gasteiger partial charge is 0.243 e. The van der Waals surface area contributed by atoms with Gasteiger partial charge in [-0.05, 0) is 30.0 Å². The van der Waals surface area contributed by atoms with Gasteiger partial charge in [-0.1, -0.05) is 32.9 Å². The molecule has 22 heavy (non-hydrogen) atoms. The molecule has 0 saturated carbocycles. The molecule has 1 aromatic carbocycles. The van der Waals surface area contributed by atoms with Gasteiger partial charge in [0.25, 0.3) is 0 Å². The summed E-state index contributed by atoms with van der Waals surface area (Å²) in [4.78, 5) is 23.9. The highest BCUT2D eigenvalue weighted by Gasteiger charge is 2.42. The van der Waals surface area contributed by atoms with Crippen molar-refractivity contribution in [1.82, 2.24) is 10.6 Å². The molecule has 0 aliphatic carbocycles. The van der Waals surface area contributed by atoms with Crippen LogP contribution in [0.25, 0.3) is 0 Å². The molecule has 1 aliphatic heterocycles. The number of rotatable bonds is 5. The minimum Gasteiger partial charge on any atom is -0.354 e. The lowest BCUT2D eigenvalue weighted by Crippen LogP contribution is -2.47. The minimum absolute atomic E-state index is 0.0781. The predicted octanol–water partition coefficient (Wildman–Crippen LogP) is 2.04. The highest BCUT2D eigenvalue weighted by atomic mass is 19.1. The Bertz CT molecular complexity index is 572. The van der Waals surface area contributed by atoms with Crippen LogP contribution in [0.15, 0.2) is 24.3 Å². The molecule has 5 heteroatoms. The molecule has 2 rings (SSSR count). The molecule has 0 spiro atoms. The Morgan fingerprint density at radius 2 is 2.23 bits per heavy atom. The third kappa shape index (κ3) is 4.06. The number of halogens is 1. The molecule has 1 fully saturated rings. The molecule has 0 bridgehead atoms. The third-order valence-corrected chi connectivity index (χ3v) is 4.07. The number of hydrogen-bond donors (Lipinski definition) is 2. The van der Waals surface area contributed by atoms with Crippen LogP contribution in [0.3, 0.4) is 0 Å². The summed E-state index contributed by atoms with van der Waals surface area (Å²) in [6.07, 6.45) is 0.946. The fourth-order valence-electron chi connectivity index (χ4n) is 2.81. The predicted molar refractivity (Wildman–Crippen MR) is 82.6 cm³/mol. The van der Waals surface area contributed by atoms with E-state index < -0.39 is 6.04 Å². The lowest BCUT2D eigenvalue weighted by Gasteiger charge is -2.25. The number of hydrogen-bond acceptors (Lipinski definition) is 2. The molecule has 1 saturated heterocycles. The normalized spacial score (nSPS) is 21.3. The van der Waals surface area contributed by atoms with Crippen LogP contribution in [0.5, 0.6) is 0 Å². The van der Waals surface area contributed by atoms with Crippen LogP contribution in [0, 0.1) is 17.2 Å². The molecule has 2 amide bonds. The lowest BCUT2D eigenvalue weighted by molar-refractivity contribution is -0.129. The number of carbonyl (C=O) groups excluding carboxylic acids is 2. The average molecular weight is 306 g/mol. The Balaban J connectivity index is 1.88. The Hall–Kier alpha value is -1.91. The van der Waals surface area contributed by atoms with Gasteiger partial charge in [0.15, 0.2) is 0 Å². The van der Waals surface area contributed by atoms with E-state index in [1.54, 1.807) is 6.07 Å². The SMILES string of the molecule is CC(CC(=O)NC1C(=O)NCC1(C)C)Cc1cccc(F)c1. The Morgan fingerprint density at radius 3 is 2.82 bits per heavy atom. The zero-order valence-electron chi connectivity index (χ0n) is 13.3. The molecule has 1 heterocycles. The fraction of sp³-hybridized carbons (Fsp3) is 0.529. The van der Waals surface area contributed by atoms with Crippen molar-refractivity contribution in [2.45, 2.75) is 39.7 Å². The number of amides is 2. The largest absolute Gasteiger partial charge is 0.354 e. The molecule has 2 unspecified atom stereocenters. The van der Waals surface area contributed by atoms with E-state index in [-0.39, 0.29) is 29.0 Å². The van der Waals surface area contributed by atoms with E-state index in [4.69, 9.17) is 0 Å². The topological polar surface area (TPSA) is 58.2 Å². The summed E-state index contributed by atoms with van der Waals surface area (Å²) in [6, 6.07) is 5.93. The summed E-state index contributed by atoms with van der Waals surface area (Å²) in [7, 11) is 0. The van der Waals surface area contributed by atoms with E-state index in [0.29, 0.717) is 19.4 Å². The average Bonchev–Trinajstić information content (AvgIpc) is 2.65. The molecular weight excluding hydrogens is 283 g/mol. The molecule has 0 aromatic heterocycles. The minimum atomic E-state index is -0.485. The second kappa shape index (κ2) is 6.46. The number of nitrogens with one attached hydrogen (secondary N) is 2. The monoisotopic (exact) mass is 306 g/mol.